The van der Waals surface area contributed by atoms with Crippen LogP contribution >= 0.6 is 0 Å². The number of sulfone groups is 1. The maximum Gasteiger partial charge on any atom is 0.281 e. The molecule has 0 aliphatic rings. The topological polar surface area (TPSA) is 160 Å². The van der Waals surface area contributed by atoms with Gasteiger partial charge in [0.05, 0.1) is 19.8 Å². The van der Waals surface area contributed by atoms with E-state index in [1.54, 1.807) is 0 Å². The molecule has 0 aliphatic heterocycles. The minimum atomic E-state index is -4.36. The molecule has 0 saturated carbocycles. The second-order valence-corrected chi connectivity index (χ2v) is 6.21. The normalized spacial score (nSPS) is 13.1. The van der Waals surface area contributed by atoms with E-state index in [-0.39, 0.29) is 0 Å². The third-order valence-electron chi connectivity index (χ3n) is 2.85. The molecule has 6 N–H and O–H groups in total. The fourth-order valence-electron chi connectivity index (χ4n) is 1.64. The van der Waals surface area contributed by atoms with Crippen molar-refractivity contribution in [3.05, 3.63) is 17.7 Å². The first-order valence-corrected chi connectivity index (χ1v) is 7.31. The predicted molar refractivity (Wildman–Crippen MR) is 70.2 cm³/mol. The summed E-state index contributed by atoms with van der Waals surface area (Å²) >= 11 is 0. The molecule has 0 spiro atoms. The number of hydrogen-bond donors (Lipinski definition) is 5. The van der Waals surface area contributed by atoms with Crippen molar-refractivity contribution >= 4 is 9.84 Å². The van der Waals surface area contributed by atoms with Crippen molar-refractivity contribution in [3.63, 3.8) is 0 Å². The molecule has 1 aromatic carbocycles. The summed E-state index contributed by atoms with van der Waals surface area (Å²) < 4.78 is 45.5. The lowest BCUT2D eigenvalue weighted by atomic mass is 10.0. The van der Waals surface area contributed by atoms with Gasteiger partial charge in [-0.3, -0.25) is 5.73 Å². The number of aliphatic hydroxyl groups is 4. The lowest BCUT2D eigenvalue weighted by Crippen LogP contribution is -2.58. The number of methoxy groups -OCH3 is 2. The number of benzene rings is 1. The lowest BCUT2D eigenvalue weighted by molar-refractivity contribution is -0.363. The van der Waals surface area contributed by atoms with Gasteiger partial charge in [0.2, 0.25) is 9.84 Å². The molecule has 0 unspecified atom stereocenters. The zero-order chi connectivity index (χ0) is 17.3. The van der Waals surface area contributed by atoms with Crippen LogP contribution in [0.1, 0.15) is 5.56 Å². The molecule has 9 nitrogen and oxygen atoms in total. The predicted octanol–water partition coefficient (Wildman–Crippen LogP) is -1.86. The minimum absolute atomic E-state index is 0.467. The van der Waals surface area contributed by atoms with Gasteiger partial charge in [-0.1, -0.05) is 0 Å². The van der Waals surface area contributed by atoms with Gasteiger partial charge in [-0.25, -0.2) is 12.8 Å². The van der Waals surface area contributed by atoms with E-state index in [0.29, 0.717) is 0 Å². The number of nitrogens with two attached hydrogens (primary N) is 1. The van der Waals surface area contributed by atoms with Gasteiger partial charge < -0.3 is 29.9 Å². The first-order valence-electron chi connectivity index (χ1n) is 5.66. The Hall–Kier alpha value is -1.50. The Morgan fingerprint density at radius 1 is 1.14 bits per heavy atom. The van der Waals surface area contributed by atoms with E-state index in [2.05, 4.69) is 0 Å². The molecule has 0 radical (unpaired) electrons. The molecule has 22 heavy (non-hydrogen) atoms. The zero-order valence-corrected chi connectivity index (χ0v) is 12.5. The molecule has 0 aliphatic carbocycles. The Labute approximate surface area is 125 Å². The molecular weight excluding hydrogens is 325 g/mol. The summed E-state index contributed by atoms with van der Waals surface area (Å²) in [6, 6.07) is -0.248. The zero-order valence-electron chi connectivity index (χ0n) is 11.6. The second kappa shape index (κ2) is 5.95. The van der Waals surface area contributed by atoms with Crippen LogP contribution in [0.5, 0.6) is 11.5 Å². The van der Waals surface area contributed by atoms with E-state index in [1.165, 1.54) is 0 Å². The van der Waals surface area contributed by atoms with E-state index in [9.17, 15) is 33.2 Å². The van der Waals surface area contributed by atoms with Crippen LogP contribution in [-0.4, -0.2) is 55.0 Å². The number of ether oxygens (including phenoxy) is 2. The Morgan fingerprint density at radius 2 is 1.64 bits per heavy atom. The minimum Gasteiger partial charge on any atom is -0.496 e. The Balaban J connectivity index is 3.72. The van der Waals surface area contributed by atoms with E-state index in [1.807, 2.05) is 0 Å². The molecule has 0 fully saturated rings. The third-order valence-corrected chi connectivity index (χ3v) is 4.13. The van der Waals surface area contributed by atoms with Gasteiger partial charge in [0.1, 0.15) is 16.4 Å². The maximum atomic E-state index is 12.6. The molecule has 1 aromatic rings. The van der Waals surface area contributed by atoms with Crippen LogP contribution in [-0.2, 0) is 15.6 Å². The van der Waals surface area contributed by atoms with Gasteiger partial charge in [0.15, 0.2) is 6.01 Å². The molecular formula is C11H16FNO8S. The largest absolute Gasteiger partial charge is 0.496 e. The average molecular weight is 341 g/mol. The average Bonchev–Trinajstić information content (AvgIpc) is 2.44. The highest BCUT2D eigenvalue weighted by atomic mass is 32.2. The SMILES string of the molecule is COc1cc(S(=O)(=O)CF)c(OC)cc1C(O)(O)C(N)(O)O. The van der Waals surface area contributed by atoms with Crippen molar-refractivity contribution in [2.75, 3.05) is 20.2 Å². The summed E-state index contributed by atoms with van der Waals surface area (Å²) in [6.07, 6.45) is 0. The fourth-order valence-corrected chi connectivity index (χ4v) is 2.50. The van der Waals surface area contributed by atoms with Crippen LogP contribution in [0.3, 0.4) is 0 Å². The van der Waals surface area contributed by atoms with Crippen molar-refractivity contribution in [1.29, 1.82) is 0 Å². The maximum absolute atomic E-state index is 12.6. The standard InChI is InChI=1S/C11H16FNO8S/c1-20-7-4-9(22(18,19)5-12)8(21-2)3-6(7)10(14,15)11(13,16)17/h3-4,14-17H,5,13H2,1-2H3. The molecule has 0 bridgehead atoms. The molecule has 0 atom stereocenters. The van der Waals surface area contributed by atoms with Gasteiger partial charge in [-0.2, -0.15) is 0 Å². The molecule has 0 heterocycles. The highest BCUT2D eigenvalue weighted by Gasteiger charge is 2.48. The fraction of sp³-hybridized carbons (Fsp3) is 0.455. The van der Waals surface area contributed by atoms with E-state index in [0.717, 1.165) is 26.4 Å². The van der Waals surface area contributed by atoms with Gasteiger partial charge in [0.25, 0.3) is 11.7 Å². The summed E-state index contributed by atoms with van der Waals surface area (Å²) in [5, 5.41) is 38.0. The first kappa shape index (κ1) is 18.5. The summed E-state index contributed by atoms with van der Waals surface area (Å²) in [5.74, 6) is -7.88. The van der Waals surface area contributed by atoms with Gasteiger partial charge in [-0.15, -0.1) is 0 Å². The number of halogens is 1. The molecule has 1 rings (SSSR count). The highest BCUT2D eigenvalue weighted by molar-refractivity contribution is 7.91. The van der Waals surface area contributed by atoms with Crippen LogP contribution in [0, 0.1) is 0 Å². The van der Waals surface area contributed by atoms with E-state index < -0.39 is 49.5 Å². The van der Waals surface area contributed by atoms with Crippen LogP contribution in [0.25, 0.3) is 0 Å². The van der Waals surface area contributed by atoms with Crippen molar-refractivity contribution in [2.45, 2.75) is 16.6 Å². The number of rotatable bonds is 6. The Morgan fingerprint density at radius 3 is 2.00 bits per heavy atom. The lowest BCUT2D eigenvalue weighted by Gasteiger charge is -2.32. The van der Waals surface area contributed by atoms with Gasteiger partial charge in [0, 0.05) is 6.07 Å². The second-order valence-electron chi connectivity index (χ2n) is 4.33. The van der Waals surface area contributed by atoms with Crippen molar-refractivity contribution < 1.29 is 42.7 Å². The Kier molecular flexibility index (Phi) is 5.01. The van der Waals surface area contributed by atoms with E-state index >= 15 is 0 Å². The molecule has 0 aromatic heterocycles. The van der Waals surface area contributed by atoms with Crippen LogP contribution in [0.2, 0.25) is 0 Å². The van der Waals surface area contributed by atoms with Crippen molar-refractivity contribution in [1.82, 2.24) is 0 Å². The van der Waals surface area contributed by atoms with Gasteiger partial charge >= 0.3 is 0 Å². The summed E-state index contributed by atoms with van der Waals surface area (Å²) in [5.41, 5.74) is 4.15. The number of alkyl halides is 1. The molecule has 126 valence electrons. The van der Waals surface area contributed by atoms with Gasteiger partial charge in [-0.05, 0) is 6.07 Å². The number of hydrogen-bond acceptors (Lipinski definition) is 9. The first-order chi connectivity index (χ1) is 9.92. The van der Waals surface area contributed by atoms with E-state index in [4.69, 9.17) is 15.2 Å². The highest BCUT2D eigenvalue weighted by Crippen LogP contribution is 2.39. The van der Waals surface area contributed by atoms with Crippen LogP contribution < -0.4 is 15.2 Å². The quantitative estimate of drug-likeness (QED) is 0.374. The van der Waals surface area contributed by atoms with Crippen LogP contribution in [0.15, 0.2) is 17.0 Å². The summed E-state index contributed by atoms with van der Waals surface area (Å²) in [6.45, 7) is 0. The summed E-state index contributed by atoms with van der Waals surface area (Å²) in [7, 11) is -2.27. The van der Waals surface area contributed by atoms with Crippen molar-refractivity contribution in [3.8, 4) is 11.5 Å². The smallest absolute Gasteiger partial charge is 0.281 e. The summed E-state index contributed by atoms with van der Waals surface area (Å²) in [4.78, 5) is -0.618. The molecule has 0 amide bonds. The molecule has 0 saturated heterocycles. The molecule has 11 heteroatoms. The monoisotopic (exact) mass is 341 g/mol. The third kappa shape index (κ3) is 3.14. The van der Waals surface area contributed by atoms with Crippen LogP contribution in [0.4, 0.5) is 4.39 Å². The Bertz CT molecular complexity index is 653. The van der Waals surface area contributed by atoms with Crippen molar-refractivity contribution in [2.24, 2.45) is 5.73 Å².